The predicted octanol–water partition coefficient (Wildman–Crippen LogP) is 0.811. The second-order valence-electron chi connectivity index (χ2n) is 5.69. The minimum absolute atomic E-state index is 0.0735. The van der Waals surface area contributed by atoms with Gasteiger partial charge in [0.05, 0.1) is 23.1 Å². The summed E-state index contributed by atoms with van der Waals surface area (Å²) in [7, 11) is 3.87. The van der Waals surface area contributed by atoms with Gasteiger partial charge in [0.25, 0.3) is 0 Å². The lowest BCUT2D eigenvalue weighted by molar-refractivity contribution is -0.125. The van der Waals surface area contributed by atoms with E-state index in [2.05, 4.69) is 10.6 Å². The molecule has 2 unspecified atom stereocenters. The van der Waals surface area contributed by atoms with E-state index in [1.54, 1.807) is 24.3 Å². The highest BCUT2D eigenvalue weighted by atomic mass is 16.2. The van der Waals surface area contributed by atoms with Crippen molar-refractivity contribution >= 4 is 17.5 Å². The van der Waals surface area contributed by atoms with Crippen LogP contribution in [-0.4, -0.2) is 43.9 Å². The van der Waals surface area contributed by atoms with E-state index < -0.39 is 0 Å². The number of anilines is 1. The van der Waals surface area contributed by atoms with E-state index in [4.69, 9.17) is 5.26 Å². The molecule has 1 aliphatic rings. The predicted molar refractivity (Wildman–Crippen MR) is 82.9 cm³/mol. The summed E-state index contributed by atoms with van der Waals surface area (Å²) in [6.45, 7) is 1.35. The van der Waals surface area contributed by atoms with E-state index in [1.165, 1.54) is 0 Å². The Balaban J connectivity index is 1.83. The molecule has 0 aliphatic heterocycles. The van der Waals surface area contributed by atoms with E-state index in [-0.39, 0.29) is 23.7 Å². The van der Waals surface area contributed by atoms with Gasteiger partial charge in [-0.2, -0.15) is 5.26 Å². The Hall–Kier alpha value is -2.39. The van der Waals surface area contributed by atoms with Crippen molar-refractivity contribution in [1.29, 1.82) is 5.26 Å². The molecule has 0 aromatic heterocycles. The molecule has 6 nitrogen and oxygen atoms in total. The molecule has 1 saturated carbocycles. The van der Waals surface area contributed by atoms with Gasteiger partial charge in [0.15, 0.2) is 0 Å². The molecule has 0 spiro atoms. The lowest BCUT2D eigenvalue weighted by atomic mass is 10.2. The van der Waals surface area contributed by atoms with Crippen LogP contribution < -0.4 is 10.6 Å². The fourth-order valence-corrected chi connectivity index (χ4v) is 2.22. The van der Waals surface area contributed by atoms with E-state index in [0.29, 0.717) is 24.2 Å². The van der Waals surface area contributed by atoms with Crippen LogP contribution in [0.2, 0.25) is 0 Å². The number of likely N-dealkylation sites (N-methyl/N-ethyl adjacent to an activating group) is 1. The topological polar surface area (TPSA) is 85.2 Å². The van der Waals surface area contributed by atoms with Gasteiger partial charge in [-0.05, 0) is 32.6 Å². The number of rotatable bonds is 6. The second-order valence-corrected chi connectivity index (χ2v) is 5.69. The normalized spacial score (nSPS) is 19.4. The van der Waals surface area contributed by atoms with Crippen LogP contribution in [0.1, 0.15) is 12.0 Å². The van der Waals surface area contributed by atoms with Gasteiger partial charge in [0.2, 0.25) is 11.8 Å². The third-order valence-corrected chi connectivity index (χ3v) is 3.63. The summed E-state index contributed by atoms with van der Waals surface area (Å²) in [6.07, 6.45) is 0.564. The molecule has 1 aromatic carbocycles. The van der Waals surface area contributed by atoms with E-state index in [9.17, 15) is 9.59 Å². The minimum Gasteiger partial charge on any atom is -0.355 e. The number of nitrogens with one attached hydrogen (secondary N) is 2. The molecule has 2 amide bonds. The zero-order valence-corrected chi connectivity index (χ0v) is 12.8. The molecular formula is C16H20N4O2. The highest BCUT2D eigenvalue weighted by Gasteiger charge is 2.47. The summed E-state index contributed by atoms with van der Waals surface area (Å²) in [5, 5.41) is 14.6. The maximum atomic E-state index is 12.1. The van der Waals surface area contributed by atoms with Gasteiger partial charge in [-0.3, -0.25) is 9.59 Å². The van der Waals surface area contributed by atoms with Crippen LogP contribution in [0.5, 0.6) is 0 Å². The molecule has 0 heterocycles. The molecule has 0 saturated heterocycles. The SMILES string of the molecule is CN(C)CCNC(=O)C1CC1C(=O)Nc1ccccc1C#N. The quantitative estimate of drug-likeness (QED) is 0.814. The van der Waals surface area contributed by atoms with Crippen LogP contribution in [-0.2, 0) is 9.59 Å². The van der Waals surface area contributed by atoms with Crippen LogP contribution in [0.4, 0.5) is 5.69 Å². The van der Waals surface area contributed by atoms with Gasteiger partial charge in [-0.1, -0.05) is 12.1 Å². The molecule has 2 rings (SSSR count). The van der Waals surface area contributed by atoms with Crippen molar-refractivity contribution in [2.45, 2.75) is 6.42 Å². The highest BCUT2D eigenvalue weighted by Crippen LogP contribution is 2.39. The van der Waals surface area contributed by atoms with Crippen molar-refractivity contribution in [3.05, 3.63) is 29.8 Å². The summed E-state index contributed by atoms with van der Waals surface area (Å²) in [4.78, 5) is 26.0. The van der Waals surface area contributed by atoms with Crippen LogP contribution in [0, 0.1) is 23.2 Å². The molecule has 2 N–H and O–H groups in total. The number of carbonyl (C=O) groups excluding carboxylic acids is 2. The number of nitriles is 1. The van der Waals surface area contributed by atoms with E-state index in [0.717, 1.165) is 6.54 Å². The van der Waals surface area contributed by atoms with Gasteiger partial charge >= 0.3 is 0 Å². The largest absolute Gasteiger partial charge is 0.355 e. The number of hydrogen-bond donors (Lipinski definition) is 2. The van der Waals surface area contributed by atoms with Crippen molar-refractivity contribution in [2.24, 2.45) is 11.8 Å². The lowest BCUT2D eigenvalue weighted by Gasteiger charge is -2.10. The van der Waals surface area contributed by atoms with Gasteiger partial charge in [-0.15, -0.1) is 0 Å². The zero-order valence-electron chi connectivity index (χ0n) is 12.8. The molecule has 1 aliphatic carbocycles. The molecule has 1 fully saturated rings. The summed E-state index contributed by atoms with van der Waals surface area (Å²) >= 11 is 0. The molecular weight excluding hydrogens is 280 g/mol. The number of nitrogens with zero attached hydrogens (tertiary/aromatic N) is 2. The van der Waals surface area contributed by atoms with Gasteiger partial charge in [-0.25, -0.2) is 0 Å². The third-order valence-electron chi connectivity index (χ3n) is 3.63. The van der Waals surface area contributed by atoms with Crippen molar-refractivity contribution in [2.75, 3.05) is 32.5 Å². The standard InChI is InChI=1S/C16H20N4O2/c1-20(2)8-7-18-15(21)12-9-13(12)16(22)19-14-6-4-3-5-11(14)10-17/h3-6,12-13H,7-9H2,1-2H3,(H,18,21)(H,19,22). The van der Waals surface area contributed by atoms with Crippen LogP contribution in [0.25, 0.3) is 0 Å². The fraction of sp³-hybridized carbons (Fsp3) is 0.438. The molecule has 0 radical (unpaired) electrons. The first-order chi connectivity index (χ1) is 10.5. The van der Waals surface area contributed by atoms with Crippen LogP contribution in [0.3, 0.4) is 0 Å². The first-order valence-corrected chi connectivity index (χ1v) is 7.25. The summed E-state index contributed by atoms with van der Waals surface area (Å²) in [6, 6.07) is 8.87. The highest BCUT2D eigenvalue weighted by molar-refractivity contribution is 6.00. The zero-order chi connectivity index (χ0) is 16.1. The average molecular weight is 300 g/mol. The Bertz CT molecular complexity index is 606. The number of para-hydroxylation sites is 1. The number of amides is 2. The molecule has 0 bridgehead atoms. The summed E-state index contributed by atoms with van der Waals surface area (Å²) in [5.41, 5.74) is 0.914. The lowest BCUT2D eigenvalue weighted by Crippen LogP contribution is -2.33. The van der Waals surface area contributed by atoms with Crippen molar-refractivity contribution < 1.29 is 9.59 Å². The fourth-order valence-electron chi connectivity index (χ4n) is 2.22. The Morgan fingerprint density at radius 2 is 1.95 bits per heavy atom. The maximum absolute atomic E-state index is 12.1. The summed E-state index contributed by atoms with van der Waals surface area (Å²) < 4.78 is 0. The molecule has 116 valence electrons. The van der Waals surface area contributed by atoms with Gasteiger partial charge in [0, 0.05) is 13.1 Å². The van der Waals surface area contributed by atoms with Gasteiger partial charge < -0.3 is 15.5 Å². The third kappa shape index (κ3) is 4.06. The summed E-state index contributed by atoms with van der Waals surface area (Å²) in [5.74, 6) is -0.825. The Labute approximate surface area is 130 Å². The second kappa shape index (κ2) is 7.05. The first-order valence-electron chi connectivity index (χ1n) is 7.25. The first kappa shape index (κ1) is 16.0. The van der Waals surface area contributed by atoms with Crippen LogP contribution >= 0.6 is 0 Å². The molecule has 22 heavy (non-hydrogen) atoms. The molecule has 2 atom stereocenters. The Kier molecular flexibility index (Phi) is 5.12. The Morgan fingerprint density at radius 1 is 1.27 bits per heavy atom. The number of carbonyl (C=O) groups is 2. The van der Waals surface area contributed by atoms with Crippen molar-refractivity contribution in [1.82, 2.24) is 10.2 Å². The maximum Gasteiger partial charge on any atom is 0.228 e. The van der Waals surface area contributed by atoms with Crippen LogP contribution in [0.15, 0.2) is 24.3 Å². The Morgan fingerprint density at radius 3 is 2.64 bits per heavy atom. The van der Waals surface area contributed by atoms with E-state index >= 15 is 0 Å². The van der Waals surface area contributed by atoms with Crippen molar-refractivity contribution in [3.63, 3.8) is 0 Å². The number of benzene rings is 1. The number of hydrogen-bond acceptors (Lipinski definition) is 4. The van der Waals surface area contributed by atoms with Crippen molar-refractivity contribution in [3.8, 4) is 6.07 Å². The molecule has 6 heteroatoms. The minimum atomic E-state index is -0.300. The monoisotopic (exact) mass is 300 g/mol. The smallest absolute Gasteiger partial charge is 0.228 e. The average Bonchev–Trinajstić information content (AvgIpc) is 3.28. The molecule has 1 aromatic rings. The van der Waals surface area contributed by atoms with Gasteiger partial charge in [0.1, 0.15) is 6.07 Å². The van der Waals surface area contributed by atoms with E-state index in [1.807, 2.05) is 25.1 Å².